The summed E-state index contributed by atoms with van der Waals surface area (Å²) in [7, 11) is 0.114. The van der Waals surface area contributed by atoms with Crippen molar-refractivity contribution in [2.75, 3.05) is 57.7 Å². The lowest BCUT2D eigenvalue weighted by atomic mass is 10.0. The lowest BCUT2D eigenvalue weighted by molar-refractivity contribution is 0.101. The normalized spacial score (nSPS) is 11.2. The summed E-state index contributed by atoms with van der Waals surface area (Å²) < 4.78 is 41.7. The van der Waals surface area contributed by atoms with Crippen LogP contribution in [0.2, 0.25) is 5.02 Å². The van der Waals surface area contributed by atoms with Crippen molar-refractivity contribution in [3.8, 4) is 23.0 Å². The average Bonchev–Trinajstić information content (AvgIpc) is 2.56. The quantitative estimate of drug-likeness (QED) is 0.0295. The summed E-state index contributed by atoms with van der Waals surface area (Å²) >= 11 is 6.60. The maximum atomic E-state index is 14.2. The molecule has 19 nitrogen and oxygen atoms in total. The number of nitrogens with one attached hydrogen (secondary N) is 6. The third kappa shape index (κ3) is 12.3. The first-order chi connectivity index (χ1) is 40.6. The maximum absolute atomic E-state index is 14.2. The number of phenols is 2. The number of methoxy groups -OCH3 is 2. The predicted octanol–water partition coefficient (Wildman–Crippen LogP) is 13.8. The van der Waals surface area contributed by atoms with Crippen molar-refractivity contribution in [3.63, 3.8) is 0 Å². The van der Waals surface area contributed by atoms with Crippen molar-refractivity contribution in [2.24, 2.45) is 10.2 Å². The van der Waals surface area contributed by atoms with Gasteiger partial charge in [-0.2, -0.15) is 0 Å². The molecule has 0 aliphatic heterocycles. The number of azo groups is 1. The van der Waals surface area contributed by atoms with Crippen molar-refractivity contribution >= 4 is 118 Å². The molecule has 0 bridgehead atoms. The van der Waals surface area contributed by atoms with E-state index in [0.717, 1.165) is 0 Å². The summed E-state index contributed by atoms with van der Waals surface area (Å²) in [6.45, 7) is 0. The number of carbonyl (C=O) groups is 4. The molecule has 0 aliphatic carbocycles. The highest BCUT2D eigenvalue weighted by molar-refractivity contribution is 7.92. The summed E-state index contributed by atoms with van der Waals surface area (Å²) in [5, 5.41) is 47.0. The van der Waals surface area contributed by atoms with Gasteiger partial charge in [-0.05, 0) is 120 Å². The van der Waals surface area contributed by atoms with E-state index in [2.05, 4.69) is 41.6 Å². The van der Waals surface area contributed by atoms with Crippen LogP contribution in [0.15, 0.2) is 215 Å². The van der Waals surface area contributed by atoms with Gasteiger partial charge in [0, 0.05) is 46.0 Å². The van der Waals surface area contributed by atoms with Crippen LogP contribution >= 0.6 is 11.6 Å². The number of aromatic hydroxyl groups is 2. The van der Waals surface area contributed by atoms with Gasteiger partial charge in [-0.1, -0.05) is 103 Å². The monoisotopic (exact) mass is 1160 g/mol. The first-order valence-corrected chi connectivity index (χ1v) is 27.5. The molecular weight excluding hydrogens is 1110 g/mol. The van der Waals surface area contributed by atoms with Crippen molar-refractivity contribution < 1.29 is 47.3 Å². The van der Waals surface area contributed by atoms with E-state index in [-0.39, 0.29) is 72.4 Å². The first kappa shape index (κ1) is 56.3. The molecule has 84 heavy (non-hydrogen) atoms. The van der Waals surface area contributed by atoms with Gasteiger partial charge in [0.2, 0.25) is 0 Å². The topological polar surface area (TPSA) is 261 Å². The van der Waals surface area contributed by atoms with E-state index in [0.29, 0.717) is 49.9 Å². The number of para-hydroxylation sites is 2. The molecule has 4 amide bonds. The van der Waals surface area contributed by atoms with Crippen LogP contribution in [0.25, 0.3) is 21.5 Å². The lowest BCUT2D eigenvalue weighted by Gasteiger charge is -2.26. The second-order valence-electron chi connectivity index (χ2n) is 18.7. The van der Waals surface area contributed by atoms with E-state index in [9.17, 15) is 37.8 Å². The summed E-state index contributed by atoms with van der Waals surface area (Å²) in [6, 6.07) is 53.6. The predicted molar refractivity (Wildman–Crippen MR) is 327 cm³/mol. The molecule has 0 aliphatic rings. The Balaban J connectivity index is 0.858. The maximum Gasteiger partial charge on any atom is 0.261 e. The Hall–Kier alpha value is -11.0. The molecule has 0 unspecified atom stereocenters. The number of amides is 4. The van der Waals surface area contributed by atoms with Crippen molar-refractivity contribution in [3.05, 3.63) is 227 Å². The van der Waals surface area contributed by atoms with Gasteiger partial charge in [0.15, 0.2) is 11.5 Å². The van der Waals surface area contributed by atoms with Gasteiger partial charge < -0.3 is 41.0 Å². The Morgan fingerprint density at radius 2 is 1.05 bits per heavy atom. The molecule has 8 N–H and O–H groups in total. The molecule has 0 saturated carbocycles. The molecule has 0 atom stereocenters. The number of carbonyl (C=O) groups excluding carboxylic acids is 4. The molecule has 10 aromatic rings. The number of hydrazine groups is 1. The Kier molecular flexibility index (Phi) is 16.4. The van der Waals surface area contributed by atoms with Gasteiger partial charge in [0.25, 0.3) is 33.7 Å². The molecule has 0 heterocycles. The lowest BCUT2D eigenvalue weighted by Crippen LogP contribution is -2.26. The fraction of sp³-hybridized carbons (Fsp3) is 0.0476. The largest absolute Gasteiger partial charge is 0.505 e. The fourth-order valence-corrected chi connectivity index (χ4v) is 10.3. The highest BCUT2D eigenvalue weighted by Crippen LogP contribution is 2.43. The number of fused-ring (bicyclic) bond motifs is 2. The van der Waals surface area contributed by atoms with Gasteiger partial charge >= 0.3 is 0 Å². The first-order valence-electron chi connectivity index (χ1n) is 25.6. The van der Waals surface area contributed by atoms with E-state index in [1.165, 1.54) is 79.9 Å². The van der Waals surface area contributed by atoms with E-state index in [4.69, 9.17) is 21.1 Å². The van der Waals surface area contributed by atoms with Crippen LogP contribution < -0.4 is 45.9 Å². The number of phenolic OH excluding ortho intramolecular Hbond substituents is 2. The van der Waals surface area contributed by atoms with Gasteiger partial charge in [0.05, 0.1) is 52.3 Å². The van der Waals surface area contributed by atoms with E-state index >= 15 is 0 Å². The number of anilines is 7. The Bertz CT molecular complexity index is 4360. The highest BCUT2D eigenvalue weighted by Gasteiger charge is 2.25. The highest BCUT2D eigenvalue weighted by atomic mass is 35.5. The third-order valence-corrected chi connectivity index (χ3v) is 14.9. The van der Waals surface area contributed by atoms with E-state index < -0.39 is 39.2 Å². The van der Waals surface area contributed by atoms with Gasteiger partial charge in [0.1, 0.15) is 28.6 Å². The zero-order valence-electron chi connectivity index (χ0n) is 44.8. The third-order valence-electron chi connectivity index (χ3n) is 13.2. The minimum Gasteiger partial charge on any atom is -0.505 e. The number of sulfonamides is 1. The summed E-state index contributed by atoms with van der Waals surface area (Å²) in [6.07, 6.45) is 0. The van der Waals surface area contributed by atoms with Crippen molar-refractivity contribution in [1.82, 2.24) is 0 Å². The zero-order chi connectivity index (χ0) is 59.1. The number of rotatable bonds is 18. The summed E-state index contributed by atoms with van der Waals surface area (Å²) in [4.78, 5) is 54.4. The van der Waals surface area contributed by atoms with Crippen LogP contribution in [0.5, 0.6) is 23.0 Å². The van der Waals surface area contributed by atoms with Crippen LogP contribution in [0, 0.1) is 0 Å². The fourth-order valence-electron chi connectivity index (χ4n) is 9.09. The number of benzene rings is 10. The van der Waals surface area contributed by atoms with Crippen LogP contribution in [0.3, 0.4) is 0 Å². The zero-order valence-corrected chi connectivity index (χ0v) is 46.4. The number of ether oxygens (including phenoxy) is 2. The number of nitrogens with zero attached hydrogens (tertiary/aromatic N) is 3. The van der Waals surface area contributed by atoms with E-state index in [1.54, 1.807) is 134 Å². The van der Waals surface area contributed by atoms with Gasteiger partial charge in [-0.25, -0.2) is 8.42 Å². The molecule has 10 aromatic carbocycles. The number of halogens is 1. The number of hydrogen-bond donors (Lipinski definition) is 8. The Morgan fingerprint density at radius 3 is 1.70 bits per heavy atom. The van der Waals surface area contributed by atoms with Crippen molar-refractivity contribution in [1.29, 1.82) is 0 Å². The van der Waals surface area contributed by atoms with Crippen molar-refractivity contribution in [2.45, 2.75) is 4.90 Å². The van der Waals surface area contributed by atoms with Crippen LogP contribution in [-0.4, -0.2) is 63.5 Å². The standard InChI is InChI=1S/C63H50ClN9O10S/c1-73(71-53-34-40(26-30-55(53)83-3)61(77)66-42-19-8-5-9-20-42)57-47-24-13-11-16-38(47)32-49(59(57)75)63(79)68-51-36-44(27-28-50(51)64)72-84(80,81)45-22-14-21-43(35-45)67-62(78)48-31-37-15-10-12-23-46(37)56(58(48)74)70-69-52-33-39(25-29-54(52)82-2)60(76)65-41-17-6-4-7-18-41/h4-36,71-72,74-75H,1-3H3,(H,65,76)(H,66,77)(H,67,78)(H,68,79). The summed E-state index contributed by atoms with van der Waals surface area (Å²) in [5.74, 6) is -2.69. The van der Waals surface area contributed by atoms with Crippen LogP contribution in [0.4, 0.5) is 51.2 Å². The molecule has 0 fully saturated rings. The second-order valence-corrected chi connectivity index (χ2v) is 20.8. The SMILES string of the molecule is COc1ccc(C(=O)Nc2ccccc2)cc1N=Nc1c(O)c(C(=O)Nc2cccc(S(=O)(=O)Nc3ccc(Cl)c(NC(=O)c4cc5ccccc5c(N(C)Nc5cc(C(=O)Nc6ccccc6)ccc5OC)c4O)c3)c2)cc2ccccc12. The summed E-state index contributed by atoms with van der Waals surface area (Å²) in [5.41, 5.74) is 5.26. The van der Waals surface area contributed by atoms with Gasteiger partial charge in [-0.15, -0.1) is 10.2 Å². The Labute approximate surface area is 486 Å². The average molecular weight is 1160 g/mol. The molecule has 420 valence electrons. The minimum absolute atomic E-state index is 0.00676. The van der Waals surface area contributed by atoms with Gasteiger partial charge in [-0.3, -0.25) is 34.3 Å². The van der Waals surface area contributed by atoms with Crippen LogP contribution in [-0.2, 0) is 10.0 Å². The molecule has 21 heteroatoms. The molecule has 0 aromatic heterocycles. The molecule has 0 radical (unpaired) electrons. The smallest absolute Gasteiger partial charge is 0.261 e. The second kappa shape index (κ2) is 24.4. The Morgan fingerprint density at radius 1 is 0.500 bits per heavy atom. The molecule has 0 spiro atoms. The molecular formula is C63H50ClN9O10S. The molecule has 0 saturated heterocycles. The van der Waals surface area contributed by atoms with E-state index in [1.807, 2.05) is 12.1 Å². The number of hydrogen-bond acceptors (Lipinski definition) is 14. The molecule has 10 rings (SSSR count). The minimum atomic E-state index is -4.41. The van der Waals surface area contributed by atoms with Crippen LogP contribution in [0.1, 0.15) is 41.4 Å².